The van der Waals surface area contributed by atoms with Crippen molar-refractivity contribution in [1.82, 2.24) is 9.97 Å². The highest BCUT2D eigenvalue weighted by Gasteiger charge is 2.08. The predicted octanol–water partition coefficient (Wildman–Crippen LogP) is 2.63. The molecule has 0 aliphatic carbocycles. The number of rotatable bonds is 1. The molecule has 78 valence electrons. The molecular weight excluding hydrogens is 198 g/mol. The molecule has 0 atom stereocenters. The first-order valence-corrected chi connectivity index (χ1v) is 5.03. The van der Waals surface area contributed by atoms with Gasteiger partial charge in [-0.15, -0.1) is 0 Å². The lowest BCUT2D eigenvalue weighted by Crippen LogP contribution is -1.99. The highest BCUT2D eigenvalue weighted by molar-refractivity contribution is 5.56. The van der Waals surface area contributed by atoms with Gasteiger partial charge in [-0.05, 0) is 13.8 Å². The number of aryl methyl sites for hydroxylation is 1. The van der Waals surface area contributed by atoms with E-state index in [4.69, 9.17) is 5.26 Å². The molecule has 1 heterocycles. The van der Waals surface area contributed by atoms with Crippen LogP contribution in [0.2, 0.25) is 0 Å². The summed E-state index contributed by atoms with van der Waals surface area (Å²) in [5.41, 5.74) is 3.08. The third-order valence-corrected chi connectivity index (χ3v) is 2.53. The number of nitriles is 1. The van der Waals surface area contributed by atoms with Crippen molar-refractivity contribution in [2.45, 2.75) is 13.8 Å². The maximum absolute atomic E-state index is 8.97. The van der Waals surface area contributed by atoms with Crippen LogP contribution in [0.5, 0.6) is 0 Å². The standard InChI is InChI=1S/C13H11N3/c1-9-10(2)15-13(16-12(9)8-14)11-6-4-3-5-7-11/h3-7H,1-2H3. The number of nitrogens with zero attached hydrogens (tertiary/aromatic N) is 3. The van der Waals surface area contributed by atoms with Gasteiger partial charge in [-0.3, -0.25) is 0 Å². The quantitative estimate of drug-likeness (QED) is 0.725. The van der Waals surface area contributed by atoms with Crippen molar-refractivity contribution in [3.05, 3.63) is 47.3 Å². The van der Waals surface area contributed by atoms with Gasteiger partial charge < -0.3 is 0 Å². The Morgan fingerprint density at radius 1 is 1.06 bits per heavy atom. The first-order valence-electron chi connectivity index (χ1n) is 5.03. The van der Waals surface area contributed by atoms with Crippen molar-refractivity contribution >= 4 is 0 Å². The normalized spacial score (nSPS) is 9.81. The molecule has 0 saturated heterocycles. The fraction of sp³-hybridized carbons (Fsp3) is 0.154. The van der Waals surface area contributed by atoms with E-state index in [1.54, 1.807) is 0 Å². The molecule has 1 aromatic carbocycles. The Morgan fingerprint density at radius 2 is 1.75 bits per heavy atom. The molecule has 0 spiro atoms. The molecule has 3 nitrogen and oxygen atoms in total. The summed E-state index contributed by atoms with van der Waals surface area (Å²) in [6, 6.07) is 11.8. The maximum Gasteiger partial charge on any atom is 0.160 e. The summed E-state index contributed by atoms with van der Waals surface area (Å²) in [7, 11) is 0. The lowest BCUT2D eigenvalue weighted by Gasteiger charge is -2.05. The molecule has 0 radical (unpaired) electrons. The number of hydrogen-bond donors (Lipinski definition) is 0. The zero-order valence-electron chi connectivity index (χ0n) is 9.23. The van der Waals surface area contributed by atoms with Crippen molar-refractivity contribution in [2.24, 2.45) is 0 Å². The Labute approximate surface area is 94.4 Å². The molecule has 0 aliphatic heterocycles. The third-order valence-electron chi connectivity index (χ3n) is 2.53. The molecule has 0 N–H and O–H groups in total. The fourth-order valence-corrected chi connectivity index (χ4v) is 1.45. The fourth-order valence-electron chi connectivity index (χ4n) is 1.45. The van der Waals surface area contributed by atoms with Crippen LogP contribution >= 0.6 is 0 Å². The molecule has 2 rings (SSSR count). The summed E-state index contributed by atoms with van der Waals surface area (Å²) >= 11 is 0. The molecule has 0 amide bonds. The van der Waals surface area contributed by atoms with Gasteiger partial charge in [0.1, 0.15) is 11.8 Å². The molecule has 3 heteroatoms. The van der Waals surface area contributed by atoms with Gasteiger partial charge >= 0.3 is 0 Å². The monoisotopic (exact) mass is 209 g/mol. The van der Waals surface area contributed by atoms with Crippen LogP contribution in [-0.2, 0) is 0 Å². The minimum absolute atomic E-state index is 0.450. The summed E-state index contributed by atoms with van der Waals surface area (Å²) in [5.74, 6) is 0.611. The SMILES string of the molecule is Cc1nc(-c2ccccc2)nc(C#N)c1C. The van der Waals surface area contributed by atoms with Gasteiger partial charge in [-0.1, -0.05) is 30.3 Å². The number of hydrogen-bond acceptors (Lipinski definition) is 3. The number of benzene rings is 1. The van der Waals surface area contributed by atoms with Crippen LogP contribution in [0.3, 0.4) is 0 Å². The van der Waals surface area contributed by atoms with Crippen LogP contribution in [0.4, 0.5) is 0 Å². The molecule has 0 aliphatic rings. The Bertz CT molecular complexity index is 553. The Morgan fingerprint density at radius 3 is 2.38 bits per heavy atom. The average molecular weight is 209 g/mol. The van der Waals surface area contributed by atoms with Gasteiger partial charge in [0.2, 0.25) is 0 Å². The second kappa shape index (κ2) is 4.11. The summed E-state index contributed by atoms with van der Waals surface area (Å²) in [4.78, 5) is 8.64. The Kier molecular flexibility index (Phi) is 2.65. The summed E-state index contributed by atoms with van der Waals surface area (Å²) in [6.45, 7) is 3.76. The van der Waals surface area contributed by atoms with E-state index in [9.17, 15) is 0 Å². The average Bonchev–Trinajstić information content (AvgIpc) is 2.33. The van der Waals surface area contributed by atoms with Crippen LogP contribution in [0.15, 0.2) is 30.3 Å². The van der Waals surface area contributed by atoms with Gasteiger partial charge in [-0.25, -0.2) is 9.97 Å². The van der Waals surface area contributed by atoms with E-state index in [0.717, 1.165) is 16.8 Å². The zero-order valence-corrected chi connectivity index (χ0v) is 9.23. The van der Waals surface area contributed by atoms with Crippen molar-refractivity contribution in [1.29, 1.82) is 5.26 Å². The van der Waals surface area contributed by atoms with Gasteiger partial charge in [0.15, 0.2) is 5.82 Å². The van der Waals surface area contributed by atoms with E-state index in [2.05, 4.69) is 16.0 Å². The number of aromatic nitrogens is 2. The topological polar surface area (TPSA) is 49.6 Å². The summed E-state index contributed by atoms with van der Waals surface area (Å²) in [6.07, 6.45) is 0. The van der Waals surface area contributed by atoms with Crippen LogP contribution in [-0.4, -0.2) is 9.97 Å². The molecule has 0 saturated carbocycles. The van der Waals surface area contributed by atoms with Crippen molar-refractivity contribution in [3.63, 3.8) is 0 Å². The smallest absolute Gasteiger partial charge is 0.160 e. The molecule has 16 heavy (non-hydrogen) atoms. The second-order valence-electron chi connectivity index (χ2n) is 3.58. The molecule has 0 bridgehead atoms. The van der Waals surface area contributed by atoms with Crippen molar-refractivity contribution in [2.75, 3.05) is 0 Å². The van der Waals surface area contributed by atoms with Crippen LogP contribution in [0, 0.1) is 25.2 Å². The van der Waals surface area contributed by atoms with Crippen LogP contribution in [0.25, 0.3) is 11.4 Å². The van der Waals surface area contributed by atoms with E-state index in [-0.39, 0.29) is 0 Å². The molecule has 0 unspecified atom stereocenters. The predicted molar refractivity (Wildman–Crippen MR) is 61.7 cm³/mol. The molecule has 1 aromatic heterocycles. The van der Waals surface area contributed by atoms with E-state index in [0.29, 0.717) is 11.5 Å². The largest absolute Gasteiger partial charge is 0.233 e. The van der Waals surface area contributed by atoms with E-state index in [1.165, 1.54) is 0 Å². The van der Waals surface area contributed by atoms with E-state index < -0.39 is 0 Å². The molecule has 2 aromatic rings. The lowest BCUT2D eigenvalue weighted by molar-refractivity contribution is 1.05. The van der Waals surface area contributed by atoms with Crippen molar-refractivity contribution < 1.29 is 0 Å². The summed E-state index contributed by atoms with van der Waals surface area (Å²) in [5, 5.41) is 8.97. The van der Waals surface area contributed by atoms with E-state index >= 15 is 0 Å². The molecule has 0 fully saturated rings. The van der Waals surface area contributed by atoms with Crippen LogP contribution < -0.4 is 0 Å². The Balaban J connectivity index is 2.61. The van der Waals surface area contributed by atoms with Crippen molar-refractivity contribution in [3.8, 4) is 17.5 Å². The first kappa shape index (κ1) is 10.3. The highest BCUT2D eigenvalue weighted by atomic mass is 14.9. The molecular formula is C13H11N3. The van der Waals surface area contributed by atoms with Gasteiger partial charge in [0.05, 0.1) is 0 Å². The van der Waals surface area contributed by atoms with Crippen LogP contribution in [0.1, 0.15) is 17.0 Å². The summed E-state index contributed by atoms with van der Waals surface area (Å²) < 4.78 is 0. The minimum Gasteiger partial charge on any atom is -0.233 e. The highest BCUT2D eigenvalue weighted by Crippen LogP contribution is 2.17. The van der Waals surface area contributed by atoms with Gasteiger partial charge in [-0.2, -0.15) is 5.26 Å². The van der Waals surface area contributed by atoms with E-state index in [1.807, 2.05) is 44.2 Å². The zero-order chi connectivity index (χ0) is 11.5. The maximum atomic E-state index is 8.97. The third kappa shape index (κ3) is 1.78. The first-order chi connectivity index (χ1) is 7.72. The van der Waals surface area contributed by atoms with Gasteiger partial charge in [0, 0.05) is 16.8 Å². The Hall–Kier alpha value is -2.21. The second-order valence-corrected chi connectivity index (χ2v) is 3.58. The minimum atomic E-state index is 0.450. The van der Waals surface area contributed by atoms with Gasteiger partial charge in [0.25, 0.3) is 0 Å². The lowest BCUT2D eigenvalue weighted by atomic mass is 10.1.